The van der Waals surface area contributed by atoms with Crippen LogP contribution in [0.25, 0.3) is 0 Å². The van der Waals surface area contributed by atoms with Crippen molar-refractivity contribution < 1.29 is 24.5 Å². The van der Waals surface area contributed by atoms with Gasteiger partial charge in [0.1, 0.15) is 6.10 Å². The fourth-order valence-electron chi connectivity index (χ4n) is 11.3. The van der Waals surface area contributed by atoms with E-state index < -0.39 is 23.2 Å². The van der Waals surface area contributed by atoms with Crippen LogP contribution in [-0.4, -0.2) is 45.8 Å². The van der Waals surface area contributed by atoms with Crippen LogP contribution in [0.1, 0.15) is 113 Å². The van der Waals surface area contributed by atoms with E-state index in [0.29, 0.717) is 18.8 Å². The Balaban J connectivity index is 1.68. The van der Waals surface area contributed by atoms with E-state index >= 15 is 0 Å². The second-order valence-electron chi connectivity index (χ2n) is 15.3. The number of Topliss-reactive ketones (excluding diaryl/α,β-unsaturated/α-hetero) is 1. The van der Waals surface area contributed by atoms with Gasteiger partial charge in [0.05, 0.1) is 12.2 Å². The third-order valence-electron chi connectivity index (χ3n) is 13.4. The SMILES string of the molecule is CC(=O)O[C@H]1C[C@@]2(C)[C@@](N)(C[C@@H](O)[C@H]3[C@@]4(C)CC[C@@H](O)[C@@H](C)[C@@H]4CC[C@@]32C)/C1=C(/C(C)=O)C1CCC(=C(C)C)C1. The smallest absolute Gasteiger partial charge is 0.303 e. The van der Waals surface area contributed by atoms with E-state index in [4.69, 9.17) is 10.5 Å². The Morgan fingerprint density at radius 2 is 1.62 bits per heavy atom. The molecule has 0 amide bonds. The summed E-state index contributed by atoms with van der Waals surface area (Å²) in [7, 11) is 0. The molecule has 11 atom stereocenters. The van der Waals surface area contributed by atoms with Gasteiger partial charge in [-0.25, -0.2) is 0 Å². The summed E-state index contributed by atoms with van der Waals surface area (Å²) in [6, 6.07) is 0. The molecule has 40 heavy (non-hydrogen) atoms. The lowest BCUT2D eigenvalue weighted by Crippen LogP contribution is -2.72. The summed E-state index contributed by atoms with van der Waals surface area (Å²) in [6.45, 7) is 16.4. The molecular formula is C34H53NO5. The van der Waals surface area contributed by atoms with Crippen LogP contribution in [0.15, 0.2) is 22.3 Å². The number of aliphatic hydroxyl groups excluding tert-OH is 2. The minimum Gasteiger partial charge on any atom is -0.458 e. The molecule has 0 aromatic heterocycles. The highest BCUT2D eigenvalue weighted by molar-refractivity contribution is 5.95. The van der Waals surface area contributed by atoms with Gasteiger partial charge in [0, 0.05) is 18.0 Å². The van der Waals surface area contributed by atoms with Crippen molar-refractivity contribution in [1.29, 1.82) is 0 Å². The lowest BCUT2D eigenvalue weighted by atomic mass is 9.35. The molecule has 5 rings (SSSR count). The number of allylic oxidation sites excluding steroid dienone is 3. The molecule has 1 unspecified atom stereocenters. The maximum absolute atomic E-state index is 13.5. The predicted molar refractivity (Wildman–Crippen MR) is 156 cm³/mol. The fraction of sp³-hybridized carbons (Fsp3) is 0.824. The second kappa shape index (κ2) is 9.77. The van der Waals surface area contributed by atoms with Crippen molar-refractivity contribution in [2.45, 2.75) is 137 Å². The van der Waals surface area contributed by atoms with Crippen molar-refractivity contribution in [3.05, 3.63) is 22.3 Å². The average Bonchev–Trinajstić information content (AvgIpc) is 3.40. The first-order valence-electron chi connectivity index (χ1n) is 15.7. The zero-order chi connectivity index (χ0) is 29.6. The first kappa shape index (κ1) is 30.0. The Bertz CT molecular complexity index is 1150. The number of carbonyl (C=O) groups excluding carboxylic acids is 2. The molecule has 4 N–H and O–H groups in total. The zero-order valence-electron chi connectivity index (χ0n) is 26.1. The zero-order valence-corrected chi connectivity index (χ0v) is 26.1. The standard InChI is InChI=1S/C34H53NO5/c1-18(2)22-9-10-23(15-22)28(20(4)36)29-27(40-21(5)37)17-33(8)32(7)14-11-24-19(3)25(38)12-13-31(24,6)30(32)26(39)16-34(29,33)35/h19,23-27,30,38-39H,9-17,35H2,1-8H3/b29-28-/t19-,23?,24-,25+,26+,27-,30-,31-,32-,33+,34+/m0/s1. The Morgan fingerprint density at radius 1 is 0.950 bits per heavy atom. The molecule has 0 aromatic carbocycles. The third kappa shape index (κ3) is 3.98. The molecule has 0 aliphatic heterocycles. The molecular weight excluding hydrogens is 502 g/mol. The van der Waals surface area contributed by atoms with Gasteiger partial charge in [0.2, 0.25) is 0 Å². The van der Waals surface area contributed by atoms with Crippen LogP contribution in [0, 0.1) is 39.9 Å². The number of ether oxygens (including phenoxy) is 1. The molecule has 0 spiro atoms. The summed E-state index contributed by atoms with van der Waals surface area (Å²) in [5.41, 5.74) is 10.00. The van der Waals surface area contributed by atoms with E-state index in [1.54, 1.807) is 6.92 Å². The molecule has 0 bridgehead atoms. The van der Waals surface area contributed by atoms with Crippen molar-refractivity contribution in [3.8, 4) is 0 Å². The number of ketones is 1. The summed E-state index contributed by atoms with van der Waals surface area (Å²) < 4.78 is 6.08. The van der Waals surface area contributed by atoms with E-state index in [1.807, 2.05) is 0 Å². The maximum Gasteiger partial charge on any atom is 0.303 e. The summed E-state index contributed by atoms with van der Waals surface area (Å²) >= 11 is 0. The lowest BCUT2D eigenvalue weighted by Gasteiger charge is -2.70. The molecule has 6 nitrogen and oxygen atoms in total. The molecule has 6 heteroatoms. The van der Waals surface area contributed by atoms with Crippen LogP contribution in [0.2, 0.25) is 0 Å². The Morgan fingerprint density at radius 3 is 2.20 bits per heavy atom. The van der Waals surface area contributed by atoms with Gasteiger partial charge in [-0.1, -0.05) is 38.8 Å². The van der Waals surface area contributed by atoms with Crippen LogP contribution in [-0.2, 0) is 14.3 Å². The van der Waals surface area contributed by atoms with Gasteiger partial charge in [-0.15, -0.1) is 0 Å². The summed E-state index contributed by atoms with van der Waals surface area (Å²) in [5, 5.41) is 22.9. The van der Waals surface area contributed by atoms with Crippen LogP contribution < -0.4 is 5.73 Å². The van der Waals surface area contributed by atoms with E-state index in [0.717, 1.165) is 56.1 Å². The van der Waals surface area contributed by atoms with Crippen molar-refractivity contribution in [2.24, 2.45) is 45.7 Å². The van der Waals surface area contributed by atoms with Crippen LogP contribution in [0.5, 0.6) is 0 Å². The van der Waals surface area contributed by atoms with Gasteiger partial charge in [0.15, 0.2) is 5.78 Å². The van der Waals surface area contributed by atoms with Gasteiger partial charge in [0.25, 0.3) is 0 Å². The summed E-state index contributed by atoms with van der Waals surface area (Å²) in [5.74, 6) is 0.241. The highest BCUT2D eigenvalue weighted by Gasteiger charge is 2.75. The van der Waals surface area contributed by atoms with Gasteiger partial charge < -0.3 is 20.7 Å². The number of carbonyl (C=O) groups is 2. The molecule has 0 radical (unpaired) electrons. The third-order valence-corrected chi connectivity index (χ3v) is 13.4. The van der Waals surface area contributed by atoms with Crippen LogP contribution in [0.4, 0.5) is 0 Å². The van der Waals surface area contributed by atoms with E-state index in [1.165, 1.54) is 18.1 Å². The molecule has 0 saturated heterocycles. The van der Waals surface area contributed by atoms with Crippen molar-refractivity contribution in [2.75, 3.05) is 0 Å². The minimum atomic E-state index is -0.963. The maximum atomic E-state index is 13.5. The molecule has 5 saturated carbocycles. The van der Waals surface area contributed by atoms with Crippen LogP contribution >= 0.6 is 0 Å². The molecule has 5 aliphatic carbocycles. The van der Waals surface area contributed by atoms with Gasteiger partial charge in [-0.3, -0.25) is 9.59 Å². The molecule has 5 aliphatic rings. The highest BCUT2D eigenvalue weighted by Crippen LogP contribution is 2.75. The molecule has 5 fully saturated rings. The monoisotopic (exact) mass is 555 g/mol. The number of esters is 1. The molecule has 224 valence electrons. The van der Waals surface area contributed by atoms with Gasteiger partial charge >= 0.3 is 5.97 Å². The van der Waals surface area contributed by atoms with Crippen LogP contribution in [0.3, 0.4) is 0 Å². The minimum absolute atomic E-state index is 0.00811. The molecule has 0 heterocycles. The van der Waals surface area contributed by atoms with E-state index in [2.05, 4.69) is 41.5 Å². The number of fused-ring (bicyclic) bond motifs is 5. The highest BCUT2D eigenvalue weighted by atomic mass is 16.5. The van der Waals surface area contributed by atoms with E-state index in [-0.39, 0.29) is 46.4 Å². The predicted octanol–water partition coefficient (Wildman–Crippen LogP) is 5.64. The largest absolute Gasteiger partial charge is 0.458 e. The number of aliphatic hydroxyl groups is 2. The summed E-state index contributed by atoms with van der Waals surface area (Å²) in [4.78, 5) is 26.0. The van der Waals surface area contributed by atoms with E-state index in [9.17, 15) is 19.8 Å². The lowest BCUT2D eigenvalue weighted by molar-refractivity contribution is -0.238. The second-order valence-corrected chi connectivity index (χ2v) is 15.3. The topological polar surface area (TPSA) is 110 Å². The average molecular weight is 556 g/mol. The van der Waals surface area contributed by atoms with Crippen molar-refractivity contribution in [3.63, 3.8) is 0 Å². The number of nitrogens with two attached hydrogens (primary N) is 1. The van der Waals surface area contributed by atoms with Gasteiger partial charge in [-0.2, -0.15) is 0 Å². The van der Waals surface area contributed by atoms with Gasteiger partial charge in [-0.05, 0) is 124 Å². The fourth-order valence-corrected chi connectivity index (χ4v) is 11.3. The Kier molecular flexibility index (Phi) is 7.32. The van der Waals surface area contributed by atoms with Crippen molar-refractivity contribution >= 4 is 11.8 Å². The first-order valence-corrected chi connectivity index (χ1v) is 15.7. The first-order chi connectivity index (χ1) is 18.5. The number of hydrogen-bond acceptors (Lipinski definition) is 6. The summed E-state index contributed by atoms with van der Waals surface area (Å²) in [6.07, 6.45) is 5.61. The number of rotatable bonds is 3. The Labute approximate surface area is 241 Å². The molecule has 0 aromatic rings. The quantitative estimate of drug-likeness (QED) is 0.236. The normalized spacial score (nSPS) is 49.6. The van der Waals surface area contributed by atoms with Crippen molar-refractivity contribution in [1.82, 2.24) is 0 Å². The Hall–Kier alpha value is -1.50. The number of hydrogen-bond donors (Lipinski definition) is 3.